The van der Waals surface area contributed by atoms with Gasteiger partial charge < -0.3 is 5.32 Å². The lowest BCUT2D eigenvalue weighted by Crippen LogP contribution is -2.22. The van der Waals surface area contributed by atoms with Gasteiger partial charge in [0.25, 0.3) is 11.5 Å². The summed E-state index contributed by atoms with van der Waals surface area (Å²) >= 11 is 0. The number of amides is 1. The van der Waals surface area contributed by atoms with Gasteiger partial charge in [-0.1, -0.05) is 37.3 Å². The minimum Gasteiger partial charge on any atom is -0.306 e. The zero-order valence-corrected chi connectivity index (χ0v) is 16.5. The first-order valence-corrected chi connectivity index (χ1v) is 9.43. The standard InChI is InChI=1S/C22H21N5O2/c1-4-18-14(3)23-22(25-21(18)29)27-19(11-13(2)26-27)24-20(28)17-10-9-15-7-5-6-8-16(15)12-17/h5-12H,4H2,1-3H3,(H,24,28)(H,23,25,29). The topological polar surface area (TPSA) is 92.7 Å². The Morgan fingerprint density at radius 2 is 1.86 bits per heavy atom. The van der Waals surface area contributed by atoms with Gasteiger partial charge in [0, 0.05) is 22.9 Å². The van der Waals surface area contributed by atoms with Gasteiger partial charge in [-0.25, -0.2) is 4.98 Å². The van der Waals surface area contributed by atoms with Crippen molar-refractivity contribution in [2.45, 2.75) is 27.2 Å². The van der Waals surface area contributed by atoms with Crippen molar-refractivity contribution in [3.05, 3.63) is 81.4 Å². The zero-order valence-electron chi connectivity index (χ0n) is 16.5. The van der Waals surface area contributed by atoms with E-state index in [0.717, 1.165) is 10.8 Å². The van der Waals surface area contributed by atoms with Gasteiger partial charge in [0.05, 0.1) is 5.69 Å². The Morgan fingerprint density at radius 1 is 1.10 bits per heavy atom. The van der Waals surface area contributed by atoms with Crippen LogP contribution >= 0.6 is 0 Å². The number of hydrogen-bond acceptors (Lipinski definition) is 4. The van der Waals surface area contributed by atoms with E-state index in [1.807, 2.05) is 50.2 Å². The van der Waals surface area contributed by atoms with Gasteiger partial charge in [0.15, 0.2) is 0 Å². The highest BCUT2D eigenvalue weighted by Crippen LogP contribution is 2.19. The van der Waals surface area contributed by atoms with Crippen molar-refractivity contribution in [2.75, 3.05) is 5.32 Å². The van der Waals surface area contributed by atoms with Gasteiger partial charge in [-0.2, -0.15) is 9.78 Å². The van der Waals surface area contributed by atoms with Crippen LogP contribution in [0.4, 0.5) is 5.82 Å². The molecular formula is C22H21N5O2. The molecule has 0 atom stereocenters. The molecule has 7 nitrogen and oxygen atoms in total. The van der Waals surface area contributed by atoms with E-state index in [0.29, 0.717) is 34.8 Å². The molecule has 0 unspecified atom stereocenters. The third kappa shape index (κ3) is 3.54. The number of fused-ring (bicyclic) bond motifs is 1. The van der Waals surface area contributed by atoms with Crippen molar-refractivity contribution in [2.24, 2.45) is 0 Å². The average Bonchev–Trinajstić information content (AvgIpc) is 3.07. The van der Waals surface area contributed by atoms with Gasteiger partial charge in [-0.05, 0) is 43.2 Å². The second-order valence-electron chi connectivity index (χ2n) is 6.91. The fourth-order valence-corrected chi connectivity index (χ4v) is 3.38. The summed E-state index contributed by atoms with van der Waals surface area (Å²) in [4.78, 5) is 32.4. The number of nitrogens with zero attached hydrogens (tertiary/aromatic N) is 3. The predicted octanol–water partition coefficient (Wildman–Crippen LogP) is 3.54. The molecule has 29 heavy (non-hydrogen) atoms. The maximum Gasteiger partial charge on any atom is 0.256 e. The molecule has 0 saturated heterocycles. The van der Waals surface area contributed by atoms with E-state index in [2.05, 4.69) is 20.4 Å². The minimum atomic E-state index is -0.263. The molecule has 0 aliphatic carbocycles. The van der Waals surface area contributed by atoms with Crippen molar-refractivity contribution in [3.8, 4) is 5.95 Å². The summed E-state index contributed by atoms with van der Waals surface area (Å²) in [6, 6.07) is 15.1. The summed E-state index contributed by atoms with van der Waals surface area (Å²) in [7, 11) is 0. The number of anilines is 1. The number of benzene rings is 2. The number of aryl methyl sites for hydroxylation is 2. The molecule has 0 saturated carbocycles. The van der Waals surface area contributed by atoms with Gasteiger partial charge in [0.2, 0.25) is 5.95 Å². The van der Waals surface area contributed by atoms with Crippen LogP contribution in [0.5, 0.6) is 0 Å². The molecule has 1 amide bonds. The maximum atomic E-state index is 12.8. The second kappa shape index (κ2) is 7.35. The largest absolute Gasteiger partial charge is 0.306 e. The number of carbonyl (C=O) groups is 1. The summed E-state index contributed by atoms with van der Waals surface area (Å²) < 4.78 is 1.45. The van der Waals surface area contributed by atoms with E-state index in [9.17, 15) is 9.59 Å². The predicted molar refractivity (Wildman–Crippen MR) is 113 cm³/mol. The van der Waals surface area contributed by atoms with E-state index in [1.54, 1.807) is 19.1 Å². The Labute approximate surface area is 167 Å². The van der Waals surface area contributed by atoms with Gasteiger partial charge >= 0.3 is 0 Å². The van der Waals surface area contributed by atoms with Gasteiger partial charge in [0.1, 0.15) is 5.82 Å². The molecule has 4 aromatic rings. The average molecular weight is 387 g/mol. The molecule has 4 rings (SSSR count). The molecule has 0 aliphatic rings. The summed E-state index contributed by atoms with van der Waals surface area (Å²) in [6.45, 7) is 5.51. The highest BCUT2D eigenvalue weighted by Gasteiger charge is 2.16. The summed E-state index contributed by atoms with van der Waals surface area (Å²) in [5.41, 5.74) is 2.31. The molecule has 7 heteroatoms. The fourth-order valence-electron chi connectivity index (χ4n) is 3.38. The maximum absolute atomic E-state index is 12.8. The summed E-state index contributed by atoms with van der Waals surface area (Å²) in [6.07, 6.45) is 0.595. The molecule has 0 bridgehead atoms. The normalized spacial score (nSPS) is 11.0. The number of aromatic amines is 1. The van der Waals surface area contributed by atoms with Crippen LogP contribution in [0.3, 0.4) is 0 Å². The summed E-state index contributed by atoms with van der Waals surface area (Å²) in [5, 5.41) is 9.32. The highest BCUT2D eigenvalue weighted by molar-refractivity contribution is 6.06. The van der Waals surface area contributed by atoms with Crippen LogP contribution in [0.25, 0.3) is 16.7 Å². The molecule has 0 fully saturated rings. The van der Waals surface area contributed by atoms with Crippen LogP contribution in [0.2, 0.25) is 0 Å². The van der Waals surface area contributed by atoms with Crippen LogP contribution in [0.1, 0.15) is 34.2 Å². The van der Waals surface area contributed by atoms with E-state index >= 15 is 0 Å². The number of carbonyl (C=O) groups excluding carboxylic acids is 1. The Kier molecular flexibility index (Phi) is 4.72. The van der Waals surface area contributed by atoms with E-state index < -0.39 is 0 Å². The number of aromatic nitrogens is 4. The lowest BCUT2D eigenvalue weighted by molar-refractivity contribution is 0.102. The van der Waals surface area contributed by atoms with Crippen LogP contribution < -0.4 is 10.9 Å². The van der Waals surface area contributed by atoms with Crippen LogP contribution in [-0.2, 0) is 6.42 Å². The van der Waals surface area contributed by atoms with Crippen molar-refractivity contribution >= 4 is 22.5 Å². The van der Waals surface area contributed by atoms with Crippen molar-refractivity contribution < 1.29 is 4.79 Å². The monoisotopic (exact) mass is 387 g/mol. The molecule has 0 radical (unpaired) electrons. The van der Waals surface area contributed by atoms with Crippen LogP contribution in [0, 0.1) is 13.8 Å². The van der Waals surface area contributed by atoms with Crippen molar-refractivity contribution in [1.82, 2.24) is 19.7 Å². The lowest BCUT2D eigenvalue weighted by Gasteiger charge is -2.10. The van der Waals surface area contributed by atoms with Crippen molar-refractivity contribution in [1.29, 1.82) is 0 Å². The number of hydrogen-bond donors (Lipinski definition) is 2. The quantitative estimate of drug-likeness (QED) is 0.560. The second-order valence-corrected chi connectivity index (χ2v) is 6.91. The molecule has 2 heterocycles. The molecule has 2 aromatic carbocycles. The molecule has 146 valence electrons. The molecule has 0 aliphatic heterocycles. The molecule has 2 aromatic heterocycles. The van der Waals surface area contributed by atoms with Crippen molar-refractivity contribution in [3.63, 3.8) is 0 Å². The number of H-pyrrole nitrogens is 1. The molecule has 2 N–H and O–H groups in total. The molecule has 0 spiro atoms. The lowest BCUT2D eigenvalue weighted by atomic mass is 10.1. The van der Waals surface area contributed by atoms with E-state index in [4.69, 9.17) is 0 Å². The van der Waals surface area contributed by atoms with Gasteiger partial charge in [-0.3, -0.25) is 14.6 Å². The van der Waals surface area contributed by atoms with Crippen LogP contribution in [0.15, 0.2) is 53.3 Å². The first-order valence-electron chi connectivity index (χ1n) is 9.43. The first kappa shape index (κ1) is 18.6. The Balaban J connectivity index is 1.70. The van der Waals surface area contributed by atoms with E-state index in [-0.39, 0.29) is 17.4 Å². The summed E-state index contributed by atoms with van der Waals surface area (Å²) in [5.74, 6) is 0.445. The van der Waals surface area contributed by atoms with Gasteiger partial charge in [-0.15, -0.1) is 0 Å². The third-order valence-corrected chi connectivity index (χ3v) is 4.85. The number of rotatable bonds is 4. The zero-order chi connectivity index (χ0) is 20.5. The highest BCUT2D eigenvalue weighted by atomic mass is 16.1. The SMILES string of the molecule is CCc1c(C)nc(-n2nc(C)cc2NC(=O)c2ccc3ccccc3c2)[nH]c1=O. The molecular weight excluding hydrogens is 366 g/mol. The first-order chi connectivity index (χ1) is 14.0. The number of nitrogens with one attached hydrogen (secondary N) is 2. The Bertz CT molecular complexity index is 1290. The van der Waals surface area contributed by atoms with E-state index in [1.165, 1.54) is 4.68 Å². The smallest absolute Gasteiger partial charge is 0.256 e. The Morgan fingerprint density at radius 3 is 2.59 bits per heavy atom. The third-order valence-electron chi connectivity index (χ3n) is 4.85. The fraction of sp³-hybridized carbons (Fsp3) is 0.182. The minimum absolute atomic E-state index is 0.199. The Hall–Kier alpha value is -3.74. The van der Waals surface area contributed by atoms with Crippen LogP contribution in [-0.4, -0.2) is 25.7 Å².